The van der Waals surface area contributed by atoms with Gasteiger partial charge in [-0.15, -0.1) is 0 Å². The van der Waals surface area contributed by atoms with Crippen molar-refractivity contribution in [2.24, 2.45) is 5.41 Å². The fraction of sp³-hybridized carbons (Fsp3) is 0.533. The van der Waals surface area contributed by atoms with E-state index in [2.05, 4.69) is 96.9 Å². The number of hydrogen-bond acceptors (Lipinski definition) is 0. The molecule has 0 saturated heterocycles. The molecule has 0 unspecified atom stereocenters. The first kappa shape index (κ1) is 22.9. The molecule has 30 heavy (non-hydrogen) atoms. The standard InChI is InChI=1S/C30H42/c1-15-16(2)20(6)25(21(7)17(15)3)24(10)28-26-22(8)18(4)19(5)23(9)27(26)29(11,12)30(28,13)14/h1-14H3/b28-24+. The second-order valence-corrected chi connectivity index (χ2v) is 11.0. The van der Waals surface area contributed by atoms with Gasteiger partial charge in [0.1, 0.15) is 0 Å². The molecule has 162 valence electrons. The van der Waals surface area contributed by atoms with Crippen molar-refractivity contribution < 1.29 is 0 Å². The summed E-state index contributed by atoms with van der Waals surface area (Å²) in [5.41, 5.74) is 20.8. The molecule has 0 bridgehead atoms. The number of fused-ring (bicyclic) bond motifs is 1. The average Bonchev–Trinajstić information content (AvgIpc) is 2.83. The van der Waals surface area contributed by atoms with Crippen LogP contribution in [0, 0.1) is 67.7 Å². The molecular weight excluding hydrogens is 360 g/mol. The molecule has 0 nitrogen and oxygen atoms in total. The molecule has 0 heterocycles. The molecule has 3 rings (SSSR count). The van der Waals surface area contributed by atoms with Gasteiger partial charge < -0.3 is 0 Å². The van der Waals surface area contributed by atoms with Crippen LogP contribution in [0.1, 0.15) is 101 Å². The van der Waals surface area contributed by atoms with Crippen molar-refractivity contribution in [3.8, 4) is 0 Å². The highest BCUT2D eigenvalue weighted by Crippen LogP contribution is 2.62. The summed E-state index contributed by atoms with van der Waals surface area (Å²) in [6.45, 7) is 33.0. The fourth-order valence-electron chi connectivity index (χ4n) is 6.19. The van der Waals surface area contributed by atoms with Gasteiger partial charge in [-0.1, -0.05) is 27.7 Å². The van der Waals surface area contributed by atoms with E-state index >= 15 is 0 Å². The minimum atomic E-state index is 0.0563. The maximum atomic E-state index is 2.47. The number of benzene rings is 2. The van der Waals surface area contributed by atoms with Gasteiger partial charge in [-0.05, 0) is 158 Å². The third-order valence-electron chi connectivity index (χ3n) is 9.50. The predicted octanol–water partition coefficient (Wildman–Crippen LogP) is 8.71. The number of hydrogen-bond donors (Lipinski definition) is 0. The molecule has 0 fully saturated rings. The van der Waals surface area contributed by atoms with E-state index in [0.717, 1.165) is 0 Å². The summed E-state index contributed by atoms with van der Waals surface area (Å²) in [5, 5.41) is 0. The lowest BCUT2D eigenvalue weighted by atomic mass is 9.65. The summed E-state index contributed by atoms with van der Waals surface area (Å²) >= 11 is 0. The van der Waals surface area contributed by atoms with Crippen LogP contribution < -0.4 is 0 Å². The van der Waals surface area contributed by atoms with Crippen molar-refractivity contribution in [3.63, 3.8) is 0 Å². The van der Waals surface area contributed by atoms with Crippen molar-refractivity contribution in [2.75, 3.05) is 0 Å². The summed E-state index contributed by atoms with van der Waals surface area (Å²) in [4.78, 5) is 0. The van der Waals surface area contributed by atoms with E-state index in [1.165, 1.54) is 66.8 Å². The molecule has 0 N–H and O–H groups in total. The zero-order chi connectivity index (χ0) is 23.1. The van der Waals surface area contributed by atoms with Crippen LogP contribution >= 0.6 is 0 Å². The minimum Gasteiger partial charge on any atom is -0.0549 e. The van der Waals surface area contributed by atoms with Crippen LogP contribution in [0.25, 0.3) is 11.1 Å². The Hall–Kier alpha value is -1.82. The van der Waals surface area contributed by atoms with Crippen LogP contribution in [0.5, 0.6) is 0 Å². The van der Waals surface area contributed by atoms with Gasteiger partial charge in [0.25, 0.3) is 0 Å². The van der Waals surface area contributed by atoms with E-state index in [1.54, 1.807) is 11.1 Å². The topological polar surface area (TPSA) is 0 Å². The molecule has 0 atom stereocenters. The first-order valence-corrected chi connectivity index (χ1v) is 11.5. The predicted molar refractivity (Wildman–Crippen MR) is 135 cm³/mol. The normalized spacial score (nSPS) is 18.6. The van der Waals surface area contributed by atoms with Gasteiger partial charge in [0, 0.05) is 0 Å². The first-order chi connectivity index (χ1) is 13.6. The van der Waals surface area contributed by atoms with E-state index < -0.39 is 0 Å². The molecule has 0 spiro atoms. The molecule has 1 aliphatic carbocycles. The molecule has 0 aliphatic heterocycles. The van der Waals surface area contributed by atoms with Crippen LogP contribution in [0.3, 0.4) is 0 Å². The van der Waals surface area contributed by atoms with Crippen molar-refractivity contribution in [3.05, 3.63) is 66.8 Å². The van der Waals surface area contributed by atoms with Gasteiger partial charge in [0.2, 0.25) is 0 Å². The van der Waals surface area contributed by atoms with Gasteiger partial charge in [-0.25, -0.2) is 0 Å². The molecule has 0 amide bonds. The van der Waals surface area contributed by atoms with Crippen LogP contribution in [-0.4, -0.2) is 0 Å². The zero-order valence-electron chi connectivity index (χ0n) is 22.0. The summed E-state index contributed by atoms with van der Waals surface area (Å²) in [7, 11) is 0. The Kier molecular flexibility index (Phi) is 5.21. The van der Waals surface area contributed by atoms with Gasteiger partial charge >= 0.3 is 0 Å². The van der Waals surface area contributed by atoms with E-state index in [9.17, 15) is 0 Å². The monoisotopic (exact) mass is 402 g/mol. The third-order valence-corrected chi connectivity index (χ3v) is 9.50. The molecule has 2 aromatic rings. The maximum Gasteiger partial charge on any atom is -0.000275 e. The zero-order valence-corrected chi connectivity index (χ0v) is 22.0. The highest BCUT2D eigenvalue weighted by molar-refractivity contribution is 5.99. The lowest BCUT2D eigenvalue weighted by Gasteiger charge is -2.38. The molecular formula is C30H42. The largest absolute Gasteiger partial charge is 0.0549 e. The van der Waals surface area contributed by atoms with Gasteiger partial charge in [0.05, 0.1) is 0 Å². The number of allylic oxidation sites excluding steroid dienone is 2. The van der Waals surface area contributed by atoms with E-state index in [4.69, 9.17) is 0 Å². The molecule has 0 heteroatoms. The number of rotatable bonds is 1. The SMILES string of the molecule is C/C(=C1/c2c(C)c(C)c(C)c(C)c2C(C)(C)C1(C)C)c1c(C)c(C)c(C)c(C)c1C. The van der Waals surface area contributed by atoms with E-state index in [1.807, 2.05) is 0 Å². The summed E-state index contributed by atoms with van der Waals surface area (Å²) in [6, 6.07) is 0. The minimum absolute atomic E-state index is 0.0563. The first-order valence-electron chi connectivity index (χ1n) is 11.5. The second kappa shape index (κ2) is 6.84. The highest BCUT2D eigenvalue weighted by atomic mass is 14.5. The Bertz CT molecular complexity index is 1080. The second-order valence-electron chi connectivity index (χ2n) is 11.0. The van der Waals surface area contributed by atoms with E-state index in [0.29, 0.717) is 0 Å². The lowest BCUT2D eigenvalue weighted by Crippen LogP contribution is -2.32. The summed E-state index contributed by atoms with van der Waals surface area (Å²) in [5.74, 6) is 0. The van der Waals surface area contributed by atoms with Crippen molar-refractivity contribution in [1.82, 2.24) is 0 Å². The molecule has 0 saturated carbocycles. The Morgan fingerprint density at radius 2 is 0.833 bits per heavy atom. The van der Waals surface area contributed by atoms with Crippen LogP contribution in [-0.2, 0) is 5.41 Å². The average molecular weight is 403 g/mol. The van der Waals surface area contributed by atoms with Crippen molar-refractivity contribution in [1.29, 1.82) is 0 Å². The van der Waals surface area contributed by atoms with Gasteiger partial charge in [0.15, 0.2) is 0 Å². The van der Waals surface area contributed by atoms with Crippen LogP contribution in [0.2, 0.25) is 0 Å². The Morgan fingerprint density at radius 3 is 1.30 bits per heavy atom. The molecule has 0 radical (unpaired) electrons. The highest BCUT2D eigenvalue weighted by Gasteiger charge is 2.51. The van der Waals surface area contributed by atoms with E-state index in [-0.39, 0.29) is 10.8 Å². The fourth-order valence-corrected chi connectivity index (χ4v) is 6.19. The Labute approximate surface area is 185 Å². The molecule has 2 aromatic carbocycles. The van der Waals surface area contributed by atoms with Gasteiger partial charge in [-0.3, -0.25) is 0 Å². The third kappa shape index (κ3) is 2.65. The summed E-state index contributed by atoms with van der Waals surface area (Å²) in [6.07, 6.45) is 0. The summed E-state index contributed by atoms with van der Waals surface area (Å²) < 4.78 is 0. The van der Waals surface area contributed by atoms with Crippen molar-refractivity contribution >= 4 is 11.1 Å². The Balaban J connectivity index is 2.58. The smallest absolute Gasteiger partial charge is 0.000275 e. The van der Waals surface area contributed by atoms with Gasteiger partial charge in [-0.2, -0.15) is 0 Å². The molecule has 1 aliphatic rings. The molecule has 0 aromatic heterocycles. The van der Waals surface area contributed by atoms with Crippen LogP contribution in [0.15, 0.2) is 0 Å². The quantitative estimate of drug-likeness (QED) is 0.447. The van der Waals surface area contributed by atoms with Crippen LogP contribution in [0.4, 0.5) is 0 Å². The lowest BCUT2D eigenvalue weighted by molar-refractivity contribution is 0.299. The van der Waals surface area contributed by atoms with Crippen molar-refractivity contribution in [2.45, 2.75) is 102 Å². The Morgan fingerprint density at radius 1 is 0.467 bits per heavy atom. The maximum absolute atomic E-state index is 2.47.